The van der Waals surface area contributed by atoms with Gasteiger partial charge in [-0.3, -0.25) is 0 Å². The van der Waals surface area contributed by atoms with Gasteiger partial charge in [-0.15, -0.1) is 48.0 Å². The Morgan fingerprint density at radius 2 is 1.40 bits per heavy atom. The van der Waals surface area contributed by atoms with Gasteiger partial charge in [0.2, 0.25) is 0 Å². The van der Waals surface area contributed by atoms with Crippen LogP contribution in [0.15, 0.2) is 0 Å². The second kappa shape index (κ2) is 18.1. The van der Waals surface area contributed by atoms with Crippen LogP contribution in [0.25, 0.3) is 0 Å². The summed E-state index contributed by atoms with van der Waals surface area (Å²) in [6.45, 7) is 1.93. The Labute approximate surface area is 66.2 Å². The van der Waals surface area contributed by atoms with E-state index in [4.69, 9.17) is 5.11 Å². The van der Waals surface area contributed by atoms with Crippen LogP contribution < -0.4 is 0 Å². The van der Waals surface area contributed by atoms with E-state index in [1.165, 1.54) is 0 Å². The molecule has 0 radical (unpaired) electrons. The van der Waals surface area contributed by atoms with Gasteiger partial charge in [-0.25, -0.2) is 0 Å². The number of hydrogen-bond acceptors (Lipinski definition) is 1. The molecule has 0 aliphatic heterocycles. The van der Waals surface area contributed by atoms with Crippen molar-refractivity contribution in [2.24, 2.45) is 0 Å². The van der Waals surface area contributed by atoms with Crippen molar-refractivity contribution in [1.82, 2.24) is 0 Å². The molecule has 0 bridgehead atoms. The third kappa shape index (κ3) is 31.4. The first-order valence-electron chi connectivity index (χ1n) is 1.02. The van der Waals surface area contributed by atoms with E-state index in [2.05, 4.69) is 0 Å². The number of hydrogen-bond donors (Lipinski definition) is 1. The summed E-state index contributed by atoms with van der Waals surface area (Å²) in [5.74, 6) is 0. The first-order chi connectivity index (χ1) is 1.41. The highest BCUT2D eigenvalue weighted by Gasteiger charge is 1.34. The fourth-order valence-electron chi connectivity index (χ4n) is 0. The molecule has 0 saturated carbocycles. The van der Waals surface area contributed by atoms with Crippen molar-refractivity contribution in [3.8, 4) is 0 Å². The standard InChI is InChI=1S/C2H6O.2HI/c1-2-3;;/h3H,2H2,1H3;2*1H. The van der Waals surface area contributed by atoms with E-state index >= 15 is 0 Å². The van der Waals surface area contributed by atoms with Crippen molar-refractivity contribution in [1.29, 1.82) is 0 Å². The fraction of sp³-hybridized carbons (Fsp3) is 1.00. The first-order valence-corrected chi connectivity index (χ1v) is 1.02. The maximum atomic E-state index is 7.57. The molecule has 0 saturated heterocycles. The second-order valence-electron chi connectivity index (χ2n) is 0.316. The summed E-state index contributed by atoms with van der Waals surface area (Å²) in [5, 5.41) is 7.57. The zero-order valence-corrected chi connectivity index (χ0v) is 7.63. The van der Waals surface area contributed by atoms with Gasteiger partial charge < -0.3 is 5.11 Å². The van der Waals surface area contributed by atoms with Crippen molar-refractivity contribution in [2.75, 3.05) is 6.61 Å². The third-order valence-electron chi connectivity index (χ3n) is 0. The monoisotopic (exact) mass is 302 g/mol. The van der Waals surface area contributed by atoms with Crippen molar-refractivity contribution >= 4 is 48.0 Å². The van der Waals surface area contributed by atoms with Crippen molar-refractivity contribution in [2.45, 2.75) is 6.92 Å². The van der Waals surface area contributed by atoms with Gasteiger partial charge in [0.25, 0.3) is 0 Å². The predicted molar refractivity (Wildman–Crippen MR) is 43.6 cm³/mol. The van der Waals surface area contributed by atoms with Gasteiger partial charge in [-0.2, -0.15) is 0 Å². The molecule has 0 aromatic heterocycles. The average Bonchev–Trinajstić information content (AvgIpc) is 0.918. The summed E-state index contributed by atoms with van der Waals surface area (Å²) in [5.41, 5.74) is 0. The molecule has 0 unspecified atom stereocenters. The number of aliphatic hydroxyl groups is 1. The van der Waals surface area contributed by atoms with Gasteiger partial charge in [-0.05, 0) is 6.92 Å². The molecule has 0 aromatic rings. The number of halogens is 2. The minimum absolute atomic E-state index is 0. The fourth-order valence-corrected chi connectivity index (χ4v) is 0. The van der Waals surface area contributed by atoms with E-state index in [-0.39, 0.29) is 54.6 Å². The lowest BCUT2D eigenvalue weighted by molar-refractivity contribution is 0.318. The van der Waals surface area contributed by atoms with Crippen molar-refractivity contribution in [3.63, 3.8) is 0 Å². The van der Waals surface area contributed by atoms with Crippen LogP contribution in [0.3, 0.4) is 0 Å². The van der Waals surface area contributed by atoms with Crippen LogP contribution in [0, 0.1) is 0 Å². The molecule has 0 atom stereocenters. The lowest BCUT2D eigenvalue weighted by Gasteiger charge is -1.52. The Kier molecular flexibility index (Phi) is 58.3. The van der Waals surface area contributed by atoms with Crippen LogP contribution in [-0.4, -0.2) is 11.7 Å². The average molecular weight is 302 g/mol. The van der Waals surface area contributed by atoms with Gasteiger partial charge in [0.05, 0.1) is 0 Å². The van der Waals surface area contributed by atoms with E-state index in [0.717, 1.165) is 0 Å². The maximum Gasteiger partial charge on any atom is 0.0402 e. The topological polar surface area (TPSA) is 20.2 Å². The molecule has 1 N–H and O–H groups in total. The summed E-state index contributed by atoms with van der Waals surface area (Å²) in [7, 11) is 0. The molecule has 0 aliphatic carbocycles. The van der Waals surface area contributed by atoms with Gasteiger partial charge in [0.1, 0.15) is 0 Å². The molecule has 5 heavy (non-hydrogen) atoms. The minimum atomic E-state index is 0. The van der Waals surface area contributed by atoms with E-state index in [9.17, 15) is 0 Å². The molecule has 0 amide bonds. The van der Waals surface area contributed by atoms with Gasteiger partial charge in [0, 0.05) is 6.61 Å². The highest BCUT2D eigenvalue weighted by molar-refractivity contribution is 14.0. The molecule has 0 rings (SSSR count). The molecule has 3 heteroatoms. The number of rotatable bonds is 0. The third-order valence-corrected chi connectivity index (χ3v) is 0. The largest absolute Gasteiger partial charge is 0.397 e. The second-order valence-corrected chi connectivity index (χ2v) is 0.316. The van der Waals surface area contributed by atoms with Crippen molar-refractivity contribution in [3.05, 3.63) is 0 Å². The normalized spacial score (nSPS) is 3.60. The lowest BCUT2D eigenvalue weighted by Crippen LogP contribution is -1.57. The Morgan fingerprint density at radius 1 is 1.40 bits per heavy atom. The van der Waals surface area contributed by atoms with Crippen LogP contribution in [0.4, 0.5) is 0 Å². The van der Waals surface area contributed by atoms with E-state index in [1.807, 2.05) is 0 Å². The number of aliphatic hydroxyl groups excluding tert-OH is 1. The zero-order valence-electron chi connectivity index (χ0n) is 2.97. The molecule has 0 aromatic carbocycles. The summed E-state index contributed by atoms with van der Waals surface area (Å²) < 4.78 is 0. The highest BCUT2D eigenvalue weighted by Crippen LogP contribution is 1.30. The zero-order chi connectivity index (χ0) is 2.71. The van der Waals surface area contributed by atoms with Gasteiger partial charge in [0.15, 0.2) is 0 Å². The Bertz CT molecular complexity index is 7.61. The van der Waals surface area contributed by atoms with Crippen LogP contribution >= 0.6 is 48.0 Å². The molecular weight excluding hydrogens is 294 g/mol. The van der Waals surface area contributed by atoms with Crippen molar-refractivity contribution < 1.29 is 5.11 Å². The molecule has 0 spiro atoms. The van der Waals surface area contributed by atoms with Crippen LogP contribution in [0.2, 0.25) is 0 Å². The SMILES string of the molecule is CCO.I.I. The summed E-state index contributed by atoms with van der Waals surface area (Å²) in [6.07, 6.45) is 0. The summed E-state index contributed by atoms with van der Waals surface area (Å²) in [4.78, 5) is 0. The molecule has 0 fully saturated rings. The van der Waals surface area contributed by atoms with E-state index < -0.39 is 0 Å². The highest BCUT2D eigenvalue weighted by atomic mass is 127. The van der Waals surface area contributed by atoms with Crippen LogP contribution in [0.5, 0.6) is 0 Å². The minimum Gasteiger partial charge on any atom is -0.397 e. The molecular formula is C2H8I2O. The smallest absolute Gasteiger partial charge is 0.0402 e. The maximum absolute atomic E-state index is 7.57. The van der Waals surface area contributed by atoms with E-state index in [1.54, 1.807) is 6.92 Å². The van der Waals surface area contributed by atoms with Crippen LogP contribution in [-0.2, 0) is 0 Å². The molecule has 0 heterocycles. The summed E-state index contributed by atoms with van der Waals surface area (Å²) >= 11 is 0. The molecule has 0 aliphatic rings. The van der Waals surface area contributed by atoms with E-state index in [0.29, 0.717) is 0 Å². The Balaban J connectivity index is -0.0000000200. The Hall–Kier alpha value is 1.42. The quantitative estimate of drug-likeness (QED) is 0.668. The molecule has 36 valence electrons. The predicted octanol–water partition coefficient (Wildman–Crippen LogP) is 1.23. The molecule has 1 nitrogen and oxygen atoms in total. The first kappa shape index (κ1) is 16.1. The van der Waals surface area contributed by atoms with Crippen LogP contribution in [0.1, 0.15) is 6.92 Å². The van der Waals surface area contributed by atoms with Gasteiger partial charge in [-0.1, -0.05) is 0 Å². The van der Waals surface area contributed by atoms with Gasteiger partial charge >= 0.3 is 0 Å². The summed E-state index contributed by atoms with van der Waals surface area (Å²) in [6, 6.07) is 0. The Morgan fingerprint density at radius 3 is 1.40 bits per heavy atom. The lowest BCUT2D eigenvalue weighted by atomic mass is 10.9.